The Morgan fingerprint density at radius 3 is 2.71 bits per heavy atom. The van der Waals surface area contributed by atoms with Crippen LogP contribution in [0, 0.1) is 5.92 Å². The quantitative estimate of drug-likeness (QED) is 0.921. The van der Waals surface area contributed by atoms with Crippen LogP contribution in [-0.4, -0.2) is 43.1 Å². The highest BCUT2D eigenvalue weighted by atomic mass is 16.5. The van der Waals surface area contributed by atoms with Gasteiger partial charge in [-0.25, -0.2) is 0 Å². The summed E-state index contributed by atoms with van der Waals surface area (Å²) in [4.78, 5) is 15.0. The molecule has 2 saturated heterocycles. The molecule has 0 bridgehead atoms. The van der Waals surface area contributed by atoms with Crippen molar-refractivity contribution in [1.82, 2.24) is 10.2 Å². The Morgan fingerprint density at radius 2 is 2.10 bits per heavy atom. The third kappa shape index (κ3) is 2.97. The number of nitrogens with zero attached hydrogens (tertiary/aromatic N) is 1. The summed E-state index contributed by atoms with van der Waals surface area (Å²) in [6.45, 7) is 5.44. The highest BCUT2D eigenvalue weighted by molar-refractivity contribution is 5.80. The first-order valence-corrected chi connectivity index (χ1v) is 7.99. The number of likely N-dealkylation sites (N-methyl/N-ethyl adjacent to an activating group) is 1. The molecule has 0 saturated carbocycles. The molecule has 21 heavy (non-hydrogen) atoms. The topological polar surface area (TPSA) is 41.6 Å². The van der Waals surface area contributed by atoms with E-state index in [1.807, 2.05) is 23.1 Å². The first kappa shape index (κ1) is 14.5. The molecule has 0 aromatic heterocycles. The first-order chi connectivity index (χ1) is 10.3. The summed E-state index contributed by atoms with van der Waals surface area (Å²) in [5, 5.41) is 3.25. The van der Waals surface area contributed by atoms with Gasteiger partial charge in [0.25, 0.3) is 0 Å². The third-order valence-corrected chi connectivity index (χ3v) is 4.59. The van der Waals surface area contributed by atoms with E-state index in [-0.39, 0.29) is 17.9 Å². The maximum atomic E-state index is 13.0. The van der Waals surface area contributed by atoms with Crippen molar-refractivity contribution in [2.75, 3.05) is 26.2 Å². The van der Waals surface area contributed by atoms with Crippen molar-refractivity contribution in [1.29, 1.82) is 0 Å². The molecular weight excluding hydrogens is 264 g/mol. The highest BCUT2D eigenvalue weighted by Crippen LogP contribution is 2.35. The number of hydrogen-bond acceptors (Lipinski definition) is 3. The van der Waals surface area contributed by atoms with Crippen LogP contribution in [0.25, 0.3) is 0 Å². The van der Waals surface area contributed by atoms with E-state index in [0.717, 1.165) is 44.6 Å². The SMILES string of the molecule is CCN(C(=O)C1CCCOC1c1ccccc1)C1CNC1. The Bertz CT molecular complexity index is 473. The average molecular weight is 288 g/mol. The zero-order valence-electron chi connectivity index (χ0n) is 12.6. The Balaban J connectivity index is 1.78. The molecule has 3 rings (SSSR count). The second-order valence-corrected chi connectivity index (χ2v) is 5.89. The fraction of sp³-hybridized carbons (Fsp3) is 0.588. The van der Waals surface area contributed by atoms with E-state index in [1.165, 1.54) is 0 Å². The number of nitrogens with one attached hydrogen (secondary N) is 1. The van der Waals surface area contributed by atoms with E-state index in [2.05, 4.69) is 24.4 Å². The molecule has 0 aliphatic carbocycles. The molecule has 1 N–H and O–H groups in total. The molecule has 4 heteroatoms. The molecule has 1 amide bonds. The first-order valence-electron chi connectivity index (χ1n) is 7.99. The minimum absolute atomic E-state index is 0.0401. The lowest BCUT2D eigenvalue weighted by Crippen LogP contribution is -2.60. The van der Waals surface area contributed by atoms with Crippen LogP contribution in [0.15, 0.2) is 30.3 Å². The van der Waals surface area contributed by atoms with Crippen molar-refractivity contribution >= 4 is 5.91 Å². The van der Waals surface area contributed by atoms with Gasteiger partial charge >= 0.3 is 0 Å². The summed E-state index contributed by atoms with van der Waals surface area (Å²) in [6, 6.07) is 10.5. The van der Waals surface area contributed by atoms with Crippen LogP contribution in [0.3, 0.4) is 0 Å². The van der Waals surface area contributed by atoms with Gasteiger partial charge in [0.1, 0.15) is 0 Å². The molecule has 0 spiro atoms. The molecule has 2 aliphatic heterocycles. The van der Waals surface area contributed by atoms with E-state index < -0.39 is 0 Å². The molecule has 2 atom stereocenters. The number of hydrogen-bond donors (Lipinski definition) is 1. The number of carbonyl (C=O) groups is 1. The van der Waals surface area contributed by atoms with Gasteiger partial charge in [-0.15, -0.1) is 0 Å². The number of ether oxygens (including phenoxy) is 1. The molecule has 114 valence electrons. The molecule has 1 aromatic carbocycles. The van der Waals surface area contributed by atoms with Crippen molar-refractivity contribution < 1.29 is 9.53 Å². The molecule has 4 nitrogen and oxygen atoms in total. The van der Waals surface area contributed by atoms with Gasteiger partial charge in [-0.1, -0.05) is 30.3 Å². The van der Waals surface area contributed by atoms with Gasteiger partial charge < -0.3 is 15.0 Å². The Hall–Kier alpha value is -1.39. The number of carbonyl (C=O) groups excluding carboxylic acids is 1. The Labute approximate surface area is 126 Å². The van der Waals surface area contributed by atoms with Gasteiger partial charge in [-0.2, -0.15) is 0 Å². The Kier molecular flexibility index (Phi) is 4.56. The normalized spacial score (nSPS) is 26.1. The lowest BCUT2D eigenvalue weighted by molar-refractivity contribution is -0.148. The summed E-state index contributed by atoms with van der Waals surface area (Å²) in [7, 11) is 0. The molecule has 1 aromatic rings. The van der Waals surface area contributed by atoms with Crippen LogP contribution in [0.2, 0.25) is 0 Å². The van der Waals surface area contributed by atoms with E-state index >= 15 is 0 Å². The van der Waals surface area contributed by atoms with Crippen LogP contribution in [0.5, 0.6) is 0 Å². The van der Waals surface area contributed by atoms with E-state index in [4.69, 9.17) is 4.74 Å². The molecule has 2 fully saturated rings. The van der Waals surface area contributed by atoms with Crippen molar-refractivity contribution in [3.05, 3.63) is 35.9 Å². The average Bonchev–Trinajstić information content (AvgIpc) is 2.51. The zero-order chi connectivity index (χ0) is 14.7. The van der Waals surface area contributed by atoms with Crippen molar-refractivity contribution in [2.45, 2.75) is 31.9 Å². The van der Waals surface area contributed by atoms with Gasteiger partial charge in [0, 0.05) is 26.2 Å². The summed E-state index contributed by atoms with van der Waals surface area (Å²) in [5.41, 5.74) is 1.12. The predicted octanol–water partition coefficient (Wildman–Crippen LogP) is 1.97. The van der Waals surface area contributed by atoms with Crippen LogP contribution in [-0.2, 0) is 9.53 Å². The summed E-state index contributed by atoms with van der Waals surface area (Å²) in [5.74, 6) is 0.222. The zero-order valence-corrected chi connectivity index (χ0v) is 12.6. The van der Waals surface area contributed by atoms with E-state index in [1.54, 1.807) is 0 Å². The number of amides is 1. The second kappa shape index (κ2) is 6.58. The summed E-state index contributed by atoms with van der Waals surface area (Å²) < 4.78 is 5.96. The highest BCUT2D eigenvalue weighted by Gasteiger charge is 2.38. The van der Waals surface area contributed by atoms with Crippen LogP contribution in [0.4, 0.5) is 0 Å². The molecular formula is C17H24N2O2. The fourth-order valence-corrected chi connectivity index (χ4v) is 3.31. The van der Waals surface area contributed by atoms with Crippen LogP contribution >= 0.6 is 0 Å². The smallest absolute Gasteiger partial charge is 0.228 e. The lowest BCUT2D eigenvalue weighted by atomic mass is 9.87. The number of rotatable bonds is 4. The molecule has 0 radical (unpaired) electrons. The monoisotopic (exact) mass is 288 g/mol. The van der Waals surface area contributed by atoms with Crippen molar-refractivity contribution in [3.8, 4) is 0 Å². The van der Waals surface area contributed by atoms with Crippen LogP contribution < -0.4 is 5.32 Å². The minimum atomic E-state index is -0.0884. The standard InChI is InChI=1S/C17H24N2O2/c1-2-19(14-11-18-12-14)17(20)15-9-6-10-21-16(15)13-7-4-3-5-8-13/h3-5,7-8,14-16,18H,2,6,9-12H2,1H3. The predicted molar refractivity (Wildman–Crippen MR) is 81.9 cm³/mol. The van der Waals surface area contributed by atoms with Gasteiger partial charge in [0.05, 0.1) is 18.1 Å². The van der Waals surface area contributed by atoms with Gasteiger partial charge in [0.2, 0.25) is 5.91 Å². The number of benzene rings is 1. The maximum Gasteiger partial charge on any atom is 0.228 e. The van der Waals surface area contributed by atoms with Crippen molar-refractivity contribution in [3.63, 3.8) is 0 Å². The Morgan fingerprint density at radius 1 is 1.33 bits per heavy atom. The van der Waals surface area contributed by atoms with Gasteiger partial charge in [-0.05, 0) is 25.3 Å². The van der Waals surface area contributed by atoms with Gasteiger partial charge in [0.15, 0.2) is 0 Å². The summed E-state index contributed by atoms with van der Waals surface area (Å²) >= 11 is 0. The maximum absolute atomic E-state index is 13.0. The summed E-state index contributed by atoms with van der Waals surface area (Å²) in [6.07, 6.45) is 1.81. The van der Waals surface area contributed by atoms with Gasteiger partial charge in [-0.3, -0.25) is 4.79 Å². The van der Waals surface area contributed by atoms with Crippen molar-refractivity contribution in [2.24, 2.45) is 5.92 Å². The second-order valence-electron chi connectivity index (χ2n) is 5.89. The lowest BCUT2D eigenvalue weighted by Gasteiger charge is -2.41. The fourth-order valence-electron chi connectivity index (χ4n) is 3.31. The molecule has 2 unspecified atom stereocenters. The molecule has 2 heterocycles. The van der Waals surface area contributed by atoms with E-state index in [9.17, 15) is 4.79 Å². The largest absolute Gasteiger partial charge is 0.373 e. The minimum Gasteiger partial charge on any atom is -0.373 e. The van der Waals surface area contributed by atoms with Crippen LogP contribution in [0.1, 0.15) is 31.4 Å². The molecule has 2 aliphatic rings. The van der Waals surface area contributed by atoms with E-state index in [0.29, 0.717) is 6.04 Å². The third-order valence-electron chi connectivity index (χ3n) is 4.59.